The van der Waals surface area contributed by atoms with Crippen LogP contribution in [0.4, 0.5) is 13.2 Å². The molecule has 0 bridgehead atoms. The number of alkyl halides is 3. The number of fused-ring (bicyclic) bond motifs is 1. The molecule has 0 atom stereocenters. The van der Waals surface area contributed by atoms with Gasteiger partial charge >= 0.3 is 6.18 Å². The number of aromatic hydroxyl groups is 1. The van der Waals surface area contributed by atoms with E-state index in [0.717, 1.165) is 16.7 Å². The highest BCUT2D eigenvalue weighted by Gasteiger charge is 2.28. The molecule has 0 unspecified atom stereocenters. The molecule has 0 aliphatic rings. The highest BCUT2D eigenvalue weighted by Crippen LogP contribution is 2.35. The first kappa shape index (κ1) is 25.3. The van der Waals surface area contributed by atoms with E-state index in [2.05, 4.69) is 15.1 Å². The molecule has 0 aromatic carbocycles. The lowest BCUT2D eigenvalue weighted by molar-refractivity contribution is -0.142. The first-order valence-electron chi connectivity index (χ1n) is 11.3. The molecular weight excluding hydrogens is 479 g/mol. The SMILES string of the molecule is CCCOCCOc1ncc(-c2cc(C)c3c(O)n(-c4cnn(CC(F)(F)F)c4)cc3n2)cc1OC. The van der Waals surface area contributed by atoms with Gasteiger partial charge in [-0.3, -0.25) is 9.25 Å². The van der Waals surface area contributed by atoms with E-state index in [1.807, 2.05) is 13.8 Å². The Morgan fingerprint density at radius 1 is 1.08 bits per heavy atom. The number of hydrogen-bond acceptors (Lipinski definition) is 7. The molecule has 4 aromatic rings. The minimum atomic E-state index is -4.40. The van der Waals surface area contributed by atoms with Crippen LogP contribution in [-0.2, 0) is 11.3 Å². The summed E-state index contributed by atoms with van der Waals surface area (Å²) in [6.07, 6.45) is 2.14. The van der Waals surface area contributed by atoms with Gasteiger partial charge in [-0.1, -0.05) is 6.92 Å². The van der Waals surface area contributed by atoms with E-state index in [4.69, 9.17) is 14.2 Å². The molecule has 192 valence electrons. The number of rotatable bonds is 10. The van der Waals surface area contributed by atoms with Crippen LogP contribution in [-0.4, -0.2) is 62.5 Å². The monoisotopic (exact) mass is 505 g/mol. The average Bonchev–Trinajstić information content (AvgIpc) is 3.41. The Bertz CT molecular complexity index is 1350. The van der Waals surface area contributed by atoms with Crippen molar-refractivity contribution in [3.8, 4) is 34.5 Å². The van der Waals surface area contributed by atoms with Gasteiger partial charge in [-0.05, 0) is 31.0 Å². The Kier molecular flexibility index (Phi) is 7.34. The summed E-state index contributed by atoms with van der Waals surface area (Å²) >= 11 is 0. The van der Waals surface area contributed by atoms with Gasteiger partial charge in [0.05, 0.1) is 42.2 Å². The number of aryl methyl sites for hydroxylation is 1. The fourth-order valence-electron chi connectivity index (χ4n) is 3.75. The second kappa shape index (κ2) is 10.4. The quantitative estimate of drug-likeness (QED) is 0.313. The number of aromatic nitrogens is 5. The maximum atomic E-state index is 12.7. The summed E-state index contributed by atoms with van der Waals surface area (Å²) in [6.45, 7) is 4.04. The van der Waals surface area contributed by atoms with Crippen molar-refractivity contribution in [3.05, 3.63) is 42.5 Å². The van der Waals surface area contributed by atoms with Crippen molar-refractivity contribution in [1.82, 2.24) is 24.3 Å². The Morgan fingerprint density at radius 3 is 2.61 bits per heavy atom. The molecule has 1 N–H and O–H groups in total. The normalized spacial score (nSPS) is 11.8. The summed E-state index contributed by atoms with van der Waals surface area (Å²) in [7, 11) is 1.51. The lowest BCUT2D eigenvalue weighted by atomic mass is 10.1. The second-order valence-corrected chi connectivity index (χ2v) is 8.11. The van der Waals surface area contributed by atoms with E-state index in [0.29, 0.717) is 53.6 Å². The van der Waals surface area contributed by atoms with Gasteiger partial charge in [0.15, 0.2) is 5.75 Å². The molecule has 0 fully saturated rings. The molecule has 36 heavy (non-hydrogen) atoms. The highest BCUT2D eigenvalue weighted by atomic mass is 19.4. The fraction of sp³-hybridized carbons (Fsp3) is 0.375. The van der Waals surface area contributed by atoms with E-state index in [-0.39, 0.29) is 11.6 Å². The molecule has 4 rings (SSSR count). The number of nitrogens with zero attached hydrogens (tertiary/aromatic N) is 5. The highest BCUT2D eigenvalue weighted by molar-refractivity contribution is 5.90. The van der Waals surface area contributed by atoms with Crippen molar-refractivity contribution in [3.63, 3.8) is 0 Å². The van der Waals surface area contributed by atoms with Gasteiger partial charge in [-0.2, -0.15) is 18.3 Å². The molecule has 0 aliphatic carbocycles. The Morgan fingerprint density at radius 2 is 1.89 bits per heavy atom. The van der Waals surface area contributed by atoms with Crippen LogP contribution >= 0.6 is 0 Å². The minimum absolute atomic E-state index is 0.141. The molecule has 0 saturated carbocycles. The zero-order chi connectivity index (χ0) is 25.9. The van der Waals surface area contributed by atoms with E-state index in [1.54, 1.807) is 24.5 Å². The molecule has 0 amide bonds. The van der Waals surface area contributed by atoms with E-state index >= 15 is 0 Å². The van der Waals surface area contributed by atoms with Crippen molar-refractivity contribution < 1.29 is 32.5 Å². The Balaban J connectivity index is 1.62. The fourth-order valence-corrected chi connectivity index (χ4v) is 3.75. The molecule has 0 spiro atoms. The predicted molar refractivity (Wildman–Crippen MR) is 126 cm³/mol. The summed E-state index contributed by atoms with van der Waals surface area (Å²) in [6, 6.07) is 3.54. The average molecular weight is 505 g/mol. The summed E-state index contributed by atoms with van der Waals surface area (Å²) in [5.74, 6) is 0.622. The van der Waals surface area contributed by atoms with E-state index < -0.39 is 12.7 Å². The van der Waals surface area contributed by atoms with Gasteiger partial charge in [0, 0.05) is 30.8 Å². The molecule has 4 aromatic heterocycles. The first-order chi connectivity index (χ1) is 17.2. The predicted octanol–water partition coefficient (Wildman–Crippen LogP) is 4.67. The zero-order valence-electron chi connectivity index (χ0n) is 20.0. The van der Waals surface area contributed by atoms with Gasteiger partial charge < -0.3 is 19.3 Å². The van der Waals surface area contributed by atoms with Crippen LogP contribution in [0.2, 0.25) is 0 Å². The summed E-state index contributed by atoms with van der Waals surface area (Å²) < 4.78 is 56.7. The molecule has 0 radical (unpaired) electrons. The van der Waals surface area contributed by atoms with E-state index in [1.165, 1.54) is 24.1 Å². The third kappa shape index (κ3) is 5.54. The van der Waals surface area contributed by atoms with Gasteiger partial charge in [0.25, 0.3) is 5.88 Å². The number of ether oxygens (including phenoxy) is 3. The van der Waals surface area contributed by atoms with Crippen molar-refractivity contribution in [2.24, 2.45) is 0 Å². The van der Waals surface area contributed by atoms with Gasteiger partial charge in [-0.15, -0.1) is 0 Å². The first-order valence-corrected chi connectivity index (χ1v) is 11.3. The minimum Gasteiger partial charge on any atom is -0.494 e. The number of pyridine rings is 2. The summed E-state index contributed by atoms with van der Waals surface area (Å²) in [5, 5.41) is 15.0. The van der Waals surface area contributed by atoms with Crippen LogP contribution in [0.1, 0.15) is 18.9 Å². The topological polar surface area (TPSA) is 96.5 Å². The van der Waals surface area contributed by atoms with Gasteiger partial charge in [0.1, 0.15) is 13.2 Å². The van der Waals surface area contributed by atoms with Crippen molar-refractivity contribution in [2.75, 3.05) is 26.9 Å². The van der Waals surface area contributed by atoms with Crippen LogP contribution < -0.4 is 9.47 Å². The van der Waals surface area contributed by atoms with E-state index in [9.17, 15) is 18.3 Å². The summed E-state index contributed by atoms with van der Waals surface area (Å²) in [4.78, 5) is 8.99. The zero-order valence-corrected chi connectivity index (χ0v) is 20.0. The largest absolute Gasteiger partial charge is 0.494 e. The molecule has 0 aliphatic heterocycles. The Labute approximate surface area is 205 Å². The maximum Gasteiger partial charge on any atom is 0.408 e. The lowest BCUT2D eigenvalue weighted by Gasteiger charge is -2.11. The molecule has 0 saturated heterocycles. The third-order valence-electron chi connectivity index (χ3n) is 5.34. The second-order valence-electron chi connectivity index (χ2n) is 8.11. The smallest absolute Gasteiger partial charge is 0.408 e. The molecule has 9 nitrogen and oxygen atoms in total. The maximum absolute atomic E-state index is 12.7. The van der Waals surface area contributed by atoms with Crippen LogP contribution in [0.25, 0.3) is 27.8 Å². The molecule has 4 heterocycles. The van der Waals surface area contributed by atoms with Crippen LogP contribution in [0.5, 0.6) is 17.5 Å². The van der Waals surface area contributed by atoms with Crippen LogP contribution in [0, 0.1) is 6.92 Å². The lowest BCUT2D eigenvalue weighted by Crippen LogP contribution is -2.17. The standard InChI is InChI=1S/C24H26F3N5O4/c1-4-5-35-6-7-36-22-20(34-3)9-16(10-28-22)18-8-15(2)21-19(30-18)13-32(23(21)33)17-11-29-31(12-17)14-24(25,26)27/h8-13,33H,4-7,14H2,1-3H3. The number of methoxy groups -OCH3 is 1. The Hall–Kier alpha value is -3.80. The summed E-state index contributed by atoms with van der Waals surface area (Å²) in [5.41, 5.74) is 2.70. The molecular formula is C24H26F3N5O4. The van der Waals surface area contributed by atoms with Gasteiger partial charge in [0.2, 0.25) is 5.88 Å². The van der Waals surface area contributed by atoms with Crippen LogP contribution in [0.3, 0.4) is 0 Å². The molecule has 12 heteroatoms. The number of halogens is 3. The third-order valence-corrected chi connectivity index (χ3v) is 5.34. The van der Waals surface area contributed by atoms with Crippen molar-refractivity contribution in [2.45, 2.75) is 33.0 Å². The van der Waals surface area contributed by atoms with Crippen LogP contribution in [0.15, 0.2) is 36.9 Å². The van der Waals surface area contributed by atoms with Crippen molar-refractivity contribution in [1.29, 1.82) is 0 Å². The van der Waals surface area contributed by atoms with Gasteiger partial charge in [-0.25, -0.2) is 9.97 Å². The number of hydrogen-bond donors (Lipinski definition) is 1. The van der Waals surface area contributed by atoms with Crippen molar-refractivity contribution >= 4 is 10.9 Å².